The van der Waals surface area contributed by atoms with Crippen LogP contribution in [0, 0.1) is 0 Å². The Kier molecular flexibility index (Phi) is 3.51. The predicted molar refractivity (Wildman–Crippen MR) is 89.0 cm³/mol. The largest absolute Gasteiger partial charge is 0.322 e. The molecule has 116 valence electrons. The molecule has 2 fully saturated rings. The molecule has 4 nitrogen and oxygen atoms in total. The molecule has 1 aromatic heterocycles. The third-order valence-corrected chi connectivity index (χ3v) is 5.41. The van der Waals surface area contributed by atoms with Gasteiger partial charge in [-0.2, -0.15) is 0 Å². The molecule has 1 aromatic carbocycles. The number of H-pyrrole nitrogens is 1. The first-order valence-electron chi connectivity index (χ1n) is 8.34. The van der Waals surface area contributed by atoms with Crippen LogP contribution >= 0.6 is 0 Å². The molecule has 2 aromatic rings. The maximum absolute atomic E-state index is 12.4. The van der Waals surface area contributed by atoms with Crippen LogP contribution in [0.1, 0.15) is 31.2 Å². The quantitative estimate of drug-likeness (QED) is 0.894. The third-order valence-electron chi connectivity index (χ3n) is 5.41. The van der Waals surface area contributed by atoms with Gasteiger partial charge in [-0.05, 0) is 30.4 Å². The van der Waals surface area contributed by atoms with E-state index in [0.29, 0.717) is 0 Å². The second kappa shape index (κ2) is 5.52. The summed E-state index contributed by atoms with van der Waals surface area (Å²) in [5.41, 5.74) is 2.15. The highest BCUT2D eigenvalue weighted by molar-refractivity contribution is 5.78. The number of aromatic nitrogens is 1. The van der Waals surface area contributed by atoms with Crippen LogP contribution in [0.2, 0.25) is 0 Å². The Hall–Kier alpha value is -1.65. The molecule has 0 bridgehead atoms. The van der Waals surface area contributed by atoms with E-state index in [1.54, 1.807) is 0 Å². The second-order valence-electron chi connectivity index (χ2n) is 6.74. The van der Waals surface area contributed by atoms with Crippen LogP contribution in [0.5, 0.6) is 0 Å². The normalized spacial score (nSPS) is 21.6. The minimum Gasteiger partial charge on any atom is -0.322 e. The summed E-state index contributed by atoms with van der Waals surface area (Å²) in [6.07, 6.45) is 5.13. The summed E-state index contributed by atoms with van der Waals surface area (Å²) in [5, 5.41) is 4.67. The Labute approximate surface area is 130 Å². The van der Waals surface area contributed by atoms with Crippen molar-refractivity contribution in [3.05, 3.63) is 46.2 Å². The SMILES string of the molecule is O=c1[nH]c2ccccc2cc1CN1CCNCC12CCCC2. The molecule has 2 heterocycles. The Morgan fingerprint density at radius 1 is 1.18 bits per heavy atom. The van der Waals surface area contributed by atoms with Gasteiger partial charge in [0.05, 0.1) is 0 Å². The van der Waals surface area contributed by atoms with Crippen molar-refractivity contribution in [3.63, 3.8) is 0 Å². The number of hydrogen-bond acceptors (Lipinski definition) is 3. The number of piperazine rings is 1. The number of aromatic amines is 1. The number of para-hydroxylation sites is 1. The Morgan fingerprint density at radius 2 is 2.00 bits per heavy atom. The van der Waals surface area contributed by atoms with Crippen LogP contribution in [0.4, 0.5) is 0 Å². The van der Waals surface area contributed by atoms with Gasteiger partial charge in [-0.3, -0.25) is 9.69 Å². The average Bonchev–Trinajstić information content (AvgIpc) is 2.99. The fraction of sp³-hybridized carbons (Fsp3) is 0.500. The summed E-state index contributed by atoms with van der Waals surface area (Å²) in [5.74, 6) is 0. The summed E-state index contributed by atoms with van der Waals surface area (Å²) in [4.78, 5) is 18.0. The van der Waals surface area contributed by atoms with Crippen molar-refractivity contribution in [2.24, 2.45) is 0 Å². The molecule has 4 rings (SSSR count). The number of fused-ring (bicyclic) bond motifs is 1. The zero-order valence-electron chi connectivity index (χ0n) is 12.9. The monoisotopic (exact) mass is 297 g/mol. The minimum atomic E-state index is 0.0605. The molecule has 1 saturated heterocycles. The third kappa shape index (κ3) is 2.36. The van der Waals surface area contributed by atoms with E-state index in [4.69, 9.17) is 0 Å². The lowest BCUT2D eigenvalue weighted by Gasteiger charge is -2.45. The van der Waals surface area contributed by atoms with Crippen molar-refractivity contribution in [1.82, 2.24) is 15.2 Å². The Balaban J connectivity index is 1.67. The van der Waals surface area contributed by atoms with Crippen LogP contribution in [-0.4, -0.2) is 35.1 Å². The maximum Gasteiger partial charge on any atom is 0.252 e. The molecule has 2 aliphatic rings. The summed E-state index contributed by atoms with van der Waals surface area (Å²) < 4.78 is 0. The topological polar surface area (TPSA) is 48.1 Å². The van der Waals surface area contributed by atoms with E-state index in [9.17, 15) is 4.79 Å². The van der Waals surface area contributed by atoms with Gasteiger partial charge < -0.3 is 10.3 Å². The summed E-state index contributed by atoms with van der Waals surface area (Å²) in [7, 11) is 0. The minimum absolute atomic E-state index is 0.0605. The molecule has 1 spiro atoms. The van der Waals surface area contributed by atoms with Crippen LogP contribution in [0.25, 0.3) is 10.9 Å². The molecule has 0 amide bonds. The standard InChI is InChI=1S/C18H23N3O/c22-17-15(11-14-5-1-2-6-16(14)20-17)12-21-10-9-19-13-18(21)7-3-4-8-18/h1-2,5-6,11,19H,3-4,7-10,12-13H2,(H,20,22). The van der Waals surface area contributed by atoms with Gasteiger partial charge in [-0.1, -0.05) is 31.0 Å². The lowest BCUT2D eigenvalue weighted by Crippen LogP contribution is -2.59. The van der Waals surface area contributed by atoms with E-state index >= 15 is 0 Å². The van der Waals surface area contributed by atoms with Crippen molar-refractivity contribution in [1.29, 1.82) is 0 Å². The van der Waals surface area contributed by atoms with Crippen LogP contribution < -0.4 is 10.9 Å². The first-order chi connectivity index (χ1) is 10.8. The summed E-state index contributed by atoms with van der Waals surface area (Å²) in [6, 6.07) is 10.1. The molecule has 1 aliphatic carbocycles. The highest BCUT2D eigenvalue weighted by Crippen LogP contribution is 2.36. The molecule has 2 N–H and O–H groups in total. The zero-order chi connectivity index (χ0) is 15.0. The van der Waals surface area contributed by atoms with Crippen LogP contribution in [-0.2, 0) is 6.54 Å². The lowest BCUT2D eigenvalue weighted by atomic mass is 9.92. The van der Waals surface area contributed by atoms with Gasteiger partial charge in [0.2, 0.25) is 0 Å². The van der Waals surface area contributed by atoms with Crippen molar-refractivity contribution in [2.75, 3.05) is 19.6 Å². The molecular formula is C18H23N3O. The van der Waals surface area contributed by atoms with Crippen molar-refractivity contribution < 1.29 is 0 Å². The van der Waals surface area contributed by atoms with Gasteiger partial charge in [0.1, 0.15) is 0 Å². The number of benzene rings is 1. The number of nitrogens with zero attached hydrogens (tertiary/aromatic N) is 1. The summed E-state index contributed by atoms with van der Waals surface area (Å²) >= 11 is 0. The average molecular weight is 297 g/mol. The summed E-state index contributed by atoms with van der Waals surface area (Å²) in [6.45, 7) is 3.89. The Bertz CT molecular complexity index is 730. The molecule has 1 saturated carbocycles. The first kappa shape index (κ1) is 14.0. The second-order valence-corrected chi connectivity index (χ2v) is 6.74. The first-order valence-corrected chi connectivity index (χ1v) is 8.34. The fourth-order valence-corrected chi connectivity index (χ4v) is 4.17. The van der Waals surface area contributed by atoms with Crippen molar-refractivity contribution in [2.45, 2.75) is 37.8 Å². The van der Waals surface area contributed by atoms with Crippen molar-refractivity contribution >= 4 is 10.9 Å². The molecule has 0 atom stereocenters. The number of pyridine rings is 1. The number of hydrogen-bond donors (Lipinski definition) is 2. The Morgan fingerprint density at radius 3 is 2.86 bits per heavy atom. The van der Waals surface area contributed by atoms with E-state index in [0.717, 1.165) is 42.6 Å². The fourth-order valence-electron chi connectivity index (χ4n) is 4.17. The van der Waals surface area contributed by atoms with Crippen LogP contribution in [0.3, 0.4) is 0 Å². The van der Waals surface area contributed by atoms with Gasteiger partial charge in [-0.25, -0.2) is 0 Å². The van der Waals surface area contributed by atoms with Gasteiger partial charge in [0.15, 0.2) is 0 Å². The number of rotatable bonds is 2. The van der Waals surface area contributed by atoms with Gasteiger partial charge in [-0.15, -0.1) is 0 Å². The van der Waals surface area contributed by atoms with E-state index in [1.807, 2.05) is 18.2 Å². The predicted octanol–water partition coefficient (Wildman–Crippen LogP) is 2.25. The molecule has 1 aliphatic heterocycles. The zero-order valence-corrected chi connectivity index (χ0v) is 12.9. The van der Waals surface area contributed by atoms with E-state index in [2.05, 4.69) is 27.3 Å². The van der Waals surface area contributed by atoms with Gasteiger partial charge >= 0.3 is 0 Å². The maximum atomic E-state index is 12.4. The molecule has 0 radical (unpaired) electrons. The highest BCUT2D eigenvalue weighted by atomic mass is 16.1. The highest BCUT2D eigenvalue weighted by Gasteiger charge is 2.41. The van der Waals surface area contributed by atoms with Gasteiger partial charge in [0, 0.05) is 42.8 Å². The van der Waals surface area contributed by atoms with E-state index in [-0.39, 0.29) is 11.1 Å². The van der Waals surface area contributed by atoms with Crippen LogP contribution in [0.15, 0.2) is 35.1 Å². The molecule has 4 heteroatoms. The molecular weight excluding hydrogens is 274 g/mol. The molecule has 0 unspecified atom stereocenters. The van der Waals surface area contributed by atoms with E-state index in [1.165, 1.54) is 25.7 Å². The number of nitrogens with one attached hydrogen (secondary N) is 2. The molecule has 22 heavy (non-hydrogen) atoms. The lowest BCUT2D eigenvalue weighted by molar-refractivity contribution is 0.0569. The smallest absolute Gasteiger partial charge is 0.252 e. The van der Waals surface area contributed by atoms with Gasteiger partial charge in [0.25, 0.3) is 5.56 Å². The van der Waals surface area contributed by atoms with E-state index < -0.39 is 0 Å². The van der Waals surface area contributed by atoms with Crippen molar-refractivity contribution in [3.8, 4) is 0 Å².